The van der Waals surface area contributed by atoms with Crippen LogP contribution in [0.2, 0.25) is 0 Å². The second kappa shape index (κ2) is 11.3. The number of carbonyl (C=O) groups is 2. The summed E-state index contributed by atoms with van der Waals surface area (Å²) in [6, 6.07) is 7.78. The predicted molar refractivity (Wildman–Crippen MR) is 119 cm³/mol. The minimum absolute atomic E-state index is 0.0321. The molecule has 7 heteroatoms. The monoisotopic (exact) mass is 416 g/mol. The Balaban J connectivity index is 1.56. The molecule has 1 aromatic rings. The quantitative estimate of drug-likeness (QED) is 0.701. The van der Waals surface area contributed by atoms with Crippen LogP contribution in [-0.4, -0.2) is 87.2 Å². The van der Waals surface area contributed by atoms with Crippen molar-refractivity contribution in [1.82, 2.24) is 15.1 Å². The maximum absolute atomic E-state index is 12.8. The molecule has 166 valence electrons. The van der Waals surface area contributed by atoms with Crippen LogP contribution in [0.1, 0.15) is 37.0 Å². The highest BCUT2D eigenvalue weighted by atomic mass is 16.5. The molecule has 0 bridgehead atoms. The SMILES string of the molecule is CCN(CC)C(=O)C1CCCN(c2cccc(C(=O)NCCN3CCOCC3)c2)C1. The smallest absolute Gasteiger partial charge is 0.251 e. The second-order valence-corrected chi connectivity index (χ2v) is 8.06. The second-order valence-electron chi connectivity index (χ2n) is 8.06. The molecular formula is C23H36N4O3. The van der Waals surface area contributed by atoms with E-state index in [0.717, 1.165) is 77.6 Å². The number of hydrogen-bond donors (Lipinski definition) is 1. The Hall–Kier alpha value is -2.12. The molecule has 0 saturated carbocycles. The molecular weight excluding hydrogens is 380 g/mol. The number of ether oxygens (including phenoxy) is 1. The van der Waals surface area contributed by atoms with Crippen LogP contribution in [0, 0.1) is 5.92 Å². The molecule has 0 radical (unpaired) electrons. The summed E-state index contributed by atoms with van der Waals surface area (Å²) in [7, 11) is 0. The lowest BCUT2D eigenvalue weighted by atomic mass is 9.95. The highest BCUT2D eigenvalue weighted by Gasteiger charge is 2.28. The molecule has 1 aromatic carbocycles. The number of hydrogen-bond acceptors (Lipinski definition) is 5. The summed E-state index contributed by atoms with van der Waals surface area (Å²) in [5.74, 6) is 0.240. The molecule has 1 unspecified atom stereocenters. The van der Waals surface area contributed by atoms with Crippen molar-refractivity contribution in [2.45, 2.75) is 26.7 Å². The number of piperidine rings is 1. The van der Waals surface area contributed by atoms with Gasteiger partial charge in [-0.1, -0.05) is 6.07 Å². The summed E-state index contributed by atoms with van der Waals surface area (Å²) in [6.07, 6.45) is 1.93. The minimum atomic E-state index is -0.0436. The van der Waals surface area contributed by atoms with Gasteiger partial charge in [-0.25, -0.2) is 0 Å². The predicted octanol–water partition coefficient (Wildman–Crippen LogP) is 1.83. The number of benzene rings is 1. The molecule has 2 aliphatic rings. The van der Waals surface area contributed by atoms with Crippen LogP contribution < -0.4 is 10.2 Å². The molecule has 7 nitrogen and oxygen atoms in total. The van der Waals surface area contributed by atoms with Gasteiger partial charge in [0, 0.05) is 63.6 Å². The lowest BCUT2D eigenvalue weighted by Crippen LogP contribution is -2.45. The summed E-state index contributed by atoms with van der Waals surface area (Å²) >= 11 is 0. The van der Waals surface area contributed by atoms with Crippen molar-refractivity contribution in [2.24, 2.45) is 5.92 Å². The molecule has 0 aromatic heterocycles. The van der Waals surface area contributed by atoms with Gasteiger partial charge in [-0.15, -0.1) is 0 Å². The van der Waals surface area contributed by atoms with Gasteiger partial charge in [0.2, 0.25) is 5.91 Å². The number of nitrogens with zero attached hydrogens (tertiary/aromatic N) is 3. The van der Waals surface area contributed by atoms with Gasteiger partial charge in [0.15, 0.2) is 0 Å². The lowest BCUT2D eigenvalue weighted by Gasteiger charge is -2.36. The summed E-state index contributed by atoms with van der Waals surface area (Å²) in [4.78, 5) is 31.9. The molecule has 2 fully saturated rings. The first kappa shape index (κ1) is 22.6. The van der Waals surface area contributed by atoms with E-state index in [9.17, 15) is 9.59 Å². The average Bonchev–Trinajstić information content (AvgIpc) is 2.80. The van der Waals surface area contributed by atoms with Crippen molar-refractivity contribution >= 4 is 17.5 Å². The summed E-state index contributed by atoms with van der Waals surface area (Å²) < 4.78 is 5.36. The molecule has 2 amide bonds. The molecule has 0 spiro atoms. The van der Waals surface area contributed by atoms with Crippen LogP contribution in [0.3, 0.4) is 0 Å². The first-order valence-corrected chi connectivity index (χ1v) is 11.3. The van der Waals surface area contributed by atoms with Crippen LogP contribution in [0.25, 0.3) is 0 Å². The van der Waals surface area contributed by atoms with Crippen molar-refractivity contribution in [2.75, 3.05) is 70.5 Å². The summed E-state index contributed by atoms with van der Waals surface area (Å²) in [5, 5.41) is 3.03. The van der Waals surface area contributed by atoms with Gasteiger partial charge in [-0.3, -0.25) is 14.5 Å². The van der Waals surface area contributed by atoms with E-state index < -0.39 is 0 Å². The molecule has 30 heavy (non-hydrogen) atoms. The molecule has 2 saturated heterocycles. The van der Waals surface area contributed by atoms with Gasteiger partial charge in [-0.05, 0) is 44.9 Å². The van der Waals surface area contributed by atoms with Crippen LogP contribution >= 0.6 is 0 Å². The fourth-order valence-electron chi connectivity index (χ4n) is 4.30. The normalized spacial score (nSPS) is 20.1. The Kier molecular flexibility index (Phi) is 8.51. The first-order valence-electron chi connectivity index (χ1n) is 11.3. The van der Waals surface area contributed by atoms with E-state index in [1.54, 1.807) is 0 Å². The van der Waals surface area contributed by atoms with E-state index in [4.69, 9.17) is 4.74 Å². The zero-order valence-electron chi connectivity index (χ0n) is 18.4. The Morgan fingerprint density at radius 3 is 2.67 bits per heavy atom. The third kappa shape index (κ3) is 5.95. The third-order valence-corrected chi connectivity index (χ3v) is 6.14. The van der Waals surface area contributed by atoms with Gasteiger partial charge < -0.3 is 19.9 Å². The molecule has 3 rings (SSSR count). The van der Waals surface area contributed by atoms with Gasteiger partial charge in [0.25, 0.3) is 5.91 Å². The molecule has 1 atom stereocenters. The standard InChI is InChI=1S/C23H36N4O3/c1-3-26(4-2)23(29)20-8-6-11-27(18-20)21-9-5-7-19(17-21)22(28)24-10-12-25-13-15-30-16-14-25/h5,7,9,17,20H,3-4,6,8,10-16,18H2,1-2H3,(H,24,28). The van der Waals surface area contributed by atoms with Crippen molar-refractivity contribution in [3.8, 4) is 0 Å². The van der Waals surface area contributed by atoms with Gasteiger partial charge in [-0.2, -0.15) is 0 Å². The Morgan fingerprint density at radius 2 is 1.93 bits per heavy atom. The molecule has 2 heterocycles. The average molecular weight is 417 g/mol. The maximum atomic E-state index is 12.8. The maximum Gasteiger partial charge on any atom is 0.251 e. The van der Waals surface area contributed by atoms with E-state index >= 15 is 0 Å². The summed E-state index contributed by atoms with van der Waals surface area (Å²) in [5.41, 5.74) is 1.69. The zero-order valence-corrected chi connectivity index (χ0v) is 18.4. The third-order valence-electron chi connectivity index (χ3n) is 6.14. The van der Waals surface area contributed by atoms with Gasteiger partial charge in [0.1, 0.15) is 0 Å². The molecule has 1 N–H and O–H groups in total. The van der Waals surface area contributed by atoms with Crippen LogP contribution in [0.5, 0.6) is 0 Å². The van der Waals surface area contributed by atoms with Crippen molar-refractivity contribution in [3.05, 3.63) is 29.8 Å². The number of rotatable bonds is 8. The van der Waals surface area contributed by atoms with E-state index in [2.05, 4.69) is 15.1 Å². The highest BCUT2D eigenvalue weighted by Crippen LogP contribution is 2.25. The van der Waals surface area contributed by atoms with E-state index in [-0.39, 0.29) is 17.7 Å². The Morgan fingerprint density at radius 1 is 1.17 bits per heavy atom. The minimum Gasteiger partial charge on any atom is -0.379 e. The fraction of sp³-hybridized carbons (Fsp3) is 0.652. The van der Waals surface area contributed by atoms with E-state index in [1.165, 1.54) is 0 Å². The largest absolute Gasteiger partial charge is 0.379 e. The zero-order chi connectivity index (χ0) is 21.3. The highest BCUT2D eigenvalue weighted by molar-refractivity contribution is 5.95. The Labute approximate surface area is 180 Å². The number of nitrogens with one attached hydrogen (secondary N) is 1. The van der Waals surface area contributed by atoms with Crippen molar-refractivity contribution < 1.29 is 14.3 Å². The first-order chi connectivity index (χ1) is 14.6. The fourth-order valence-corrected chi connectivity index (χ4v) is 4.30. The van der Waals surface area contributed by atoms with Crippen molar-refractivity contribution in [1.29, 1.82) is 0 Å². The molecule has 0 aliphatic carbocycles. The van der Waals surface area contributed by atoms with E-state index in [0.29, 0.717) is 12.1 Å². The number of morpholine rings is 1. The van der Waals surface area contributed by atoms with Crippen molar-refractivity contribution in [3.63, 3.8) is 0 Å². The number of anilines is 1. The van der Waals surface area contributed by atoms with Gasteiger partial charge >= 0.3 is 0 Å². The number of carbonyl (C=O) groups excluding carboxylic acids is 2. The van der Waals surface area contributed by atoms with Crippen LogP contribution in [0.4, 0.5) is 5.69 Å². The topological polar surface area (TPSA) is 65.1 Å². The number of amides is 2. The summed E-state index contributed by atoms with van der Waals surface area (Å²) in [6.45, 7) is 12.1. The van der Waals surface area contributed by atoms with Crippen LogP contribution in [0.15, 0.2) is 24.3 Å². The lowest BCUT2D eigenvalue weighted by molar-refractivity contribution is -0.135. The Bertz CT molecular complexity index is 701. The van der Waals surface area contributed by atoms with E-state index in [1.807, 2.05) is 43.0 Å². The molecule has 2 aliphatic heterocycles. The van der Waals surface area contributed by atoms with Crippen LogP contribution in [-0.2, 0) is 9.53 Å². The van der Waals surface area contributed by atoms with Gasteiger partial charge in [0.05, 0.1) is 19.1 Å².